The third-order valence-corrected chi connectivity index (χ3v) is 3.08. The Morgan fingerprint density at radius 1 is 1.29 bits per heavy atom. The van der Waals surface area contributed by atoms with Crippen LogP contribution in [0.5, 0.6) is 0 Å². The molecule has 1 aromatic heterocycles. The number of amides is 1. The predicted molar refractivity (Wildman–Crippen MR) is 77.9 cm³/mol. The van der Waals surface area contributed by atoms with Crippen molar-refractivity contribution in [2.45, 2.75) is 0 Å². The molecule has 0 aliphatic carbocycles. The van der Waals surface area contributed by atoms with Crippen LogP contribution in [-0.2, 0) is 4.79 Å². The first-order valence-corrected chi connectivity index (χ1v) is 6.61. The number of likely N-dealkylation sites (N-methyl/N-ethyl adjacent to an activating group) is 1. The number of halogens is 3. The summed E-state index contributed by atoms with van der Waals surface area (Å²) in [6, 6.07) is 4.22. The molecule has 2 rings (SSSR count). The van der Waals surface area contributed by atoms with Crippen molar-refractivity contribution in [1.82, 2.24) is 0 Å². The van der Waals surface area contributed by atoms with Gasteiger partial charge in [0.1, 0.15) is 0 Å². The van der Waals surface area contributed by atoms with Crippen LogP contribution in [0.4, 0.5) is 30.4 Å². The number of nitro groups is 1. The monoisotopic (exact) mass is 341 g/mol. The van der Waals surface area contributed by atoms with Gasteiger partial charge in [0.2, 0.25) is 0 Å². The number of carbonyl (C=O) groups is 1. The molecule has 2 N–H and O–H groups in total. The van der Waals surface area contributed by atoms with E-state index in [9.17, 15) is 28.1 Å². The van der Waals surface area contributed by atoms with Crippen LogP contribution >= 0.6 is 0 Å². The van der Waals surface area contributed by atoms with Crippen molar-refractivity contribution >= 4 is 23.1 Å². The molecule has 2 aromatic rings. The van der Waals surface area contributed by atoms with Crippen LogP contribution in [0, 0.1) is 27.6 Å². The summed E-state index contributed by atoms with van der Waals surface area (Å²) in [6.45, 7) is -0.389. The maximum atomic E-state index is 13.5. The lowest BCUT2D eigenvalue weighted by molar-refractivity contribution is -0.411. The van der Waals surface area contributed by atoms with Gasteiger partial charge >= 0.3 is 11.5 Å². The Kier molecular flexibility index (Phi) is 4.97. The number of carbonyl (C=O) groups excluding carboxylic acids is 1. The topological polar surface area (TPSA) is 89.6 Å². The van der Waals surface area contributed by atoms with E-state index in [2.05, 4.69) is 10.3 Å². The molecule has 0 saturated heterocycles. The summed E-state index contributed by atoms with van der Waals surface area (Å²) >= 11 is 0. The first-order valence-electron chi connectivity index (χ1n) is 6.61. The fraction of sp³-hybridized carbons (Fsp3) is 0.143. The number of rotatable bonds is 5. The molecule has 0 bridgehead atoms. The lowest BCUT2D eigenvalue weighted by Crippen LogP contribution is -2.34. The van der Waals surface area contributed by atoms with Gasteiger partial charge in [0.05, 0.1) is 23.9 Å². The number of aromatic amines is 1. The molecule has 24 heavy (non-hydrogen) atoms. The van der Waals surface area contributed by atoms with Gasteiger partial charge in [-0.1, -0.05) is 0 Å². The van der Waals surface area contributed by atoms with Crippen LogP contribution in [-0.4, -0.2) is 24.4 Å². The molecule has 0 fully saturated rings. The average molecular weight is 341 g/mol. The second-order valence-corrected chi connectivity index (χ2v) is 4.79. The molecule has 0 aliphatic heterocycles. The van der Waals surface area contributed by atoms with E-state index in [-0.39, 0.29) is 18.1 Å². The number of hydrogen-bond acceptors (Lipinski definition) is 4. The molecule has 126 valence electrons. The van der Waals surface area contributed by atoms with Crippen molar-refractivity contribution in [3.05, 3.63) is 58.0 Å². The first-order chi connectivity index (χ1) is 11.3. The van der Waals surface area contributed by atoms with E-state index >= 15 is 0 Å². The van der Waals surface area contributed by atoms with Crippen LogP contribution < -0.4 is 15.2 Å². The van der Waals surface area contributed by atoms with Crippen LogP contribution in [0.15, 0.2) is 30.5 Å². The minimum atomic E-state index is -1.70. The summed E-state index contributed by atoms with van der Waals surface area (Å²) in [6.07, 6.45) is 1.44. The van der Waals surface area contributed by atoms with Crippen molar-refractivity contribution in [1.29, 1.82) is 0 Å². The third kappa shape index (κ3) is 3.59. The number of pyridine rings is 1. The van der Waals surface area contributed by atoms with E-state index in [1.165, 1.54) is 30.3 Å². The second-order valence-electron chi connectivity index (χ2n) is 4.79. The number of aromatic nitrogens is 1. The largest absolute Gasteiger partial charge is 0.357 e. The van der Waals surface area contributed by atoms with Crippen LogP contribution in [0.2, 0.25) is 0 Å². The smallest absolute Gasteiger partial charge is 0.320 e. The molecule has 1 aromatic carbocycles. The first kappa shape index (κ1) is 17.2. The van der Waals surface area contributed by atoms with Crippen molar-refractivity contribution in [3.63, 3.8) is 0 Å². The van der Waals surface area contributed by atoms with Crippen LogP contribution in [0.25, 0.3) is 0 Å². The predicted octanol–water partition coefficient (Wildman–Crippen LogP) is 1.90. The minimum absolute atomic E-state index is 0.0587. The highest BCUT2D eigenvalue weighted by atomic mass is 19.2. The molecular weight excluding hydrogens is 329 g/mol. The van der Waals surface area contributed by atoms with Gasteiger partial charge in [-0.05, 0) is 18.2 Å². The Labute approximate surface area is 133 Å². The fourth-order valence-corrected chi connectivity index (χ4v) is 1.98. The van der Waals surface area contributed by atoms with Crippen LogP contribution in [0.3, 0.4) is 0 Å². The number of benzene rings is 1. The molecule has 0 spiro atoms. The molecule has 1 heterocycles. The molecule has 7 nitrogen and oxygen atoms in total. The zero-order valence-electron chi connectivity index (χ0n) is 12.3. The van der Waals surface area contributed by atoms with Gasteiger partial charge in [0.25, 0.3) is 5.91 Å². The normalized spacial score (nSPS) is 10.3. The summed E-state index contributed by atoms with van der Waals surface area (Å²) in [5.41, 5.74) is -0.786. The highest BCUT2D eigenvalue weighted by Gasteiger charge is 2.26. The second kappa shape index (κ2) is 6.94. The summed E-state index contributed by atoms with van der Waals surface area (Å²) in [5, 5.41) is 13.0. The summed E-state index contributed by atoms with van der Waals surface area (Å²) < 4.78 is 39.5. The van der Waals surface area contributed by atoms with Gasteiger partial charge in [-0.3, -0.25) is 14.9 Å². The summed E-state index contributed by atoms with van der Waals surface area (Å²) in [5.74, 6) is -5.31. The van der Waals surface area contributed by atoms with Gasteiger partial charge in [-0.2, -0.15) is 0 Å². The molecule has 10 heteroatoms. The summed E-state index contributed by atoms with van der Waals surface area (Å²) in [4.78, 5) is 26.1. The number of H-pyrrole nitrogens is 1. The average Bonchev–Trinajstić information content (AvgIpc) is 2.55. The van der Waals surface area contributed by atoms with E-state index in [4.69, 9.17) is 0 Å². The number of hydrogen-bond donors (Lipinski definition) is 1. The zero-order chi connectivity index (χ0) is 17.9. The van der Waals surface area contributed by atoms with Crippen molar-refractivity contribution in [3.8, 4) is 0 Å². The van der Waals surface area contributed by atoms with Crippen molar-refractivity contribution in [2.24, 2.45) is 0 Å². The molecule has 0 aliphatic rings. The molecule has 0 atom stereocenters. The highest BCUT2D eigenvalue weighted by molar-refractivity contribution is 5.94. The molecule has 0 unspecified atom stereocenters. The Hall–Kier alpha value is -3.17. The maximum Gasteiger partial charge on any atom is 0.357 e. The quantitative estimate of drug-likeness (QED) is 0.511. The Bertz CT molecular complexity index is 801. The van der Waals surface area contributed by atoms with Crippen molar-refractivity contribution in [2.75, 3.05) is 23.8 Å². The molecule has 1 amide bonds. The van der Waals surface area contributed by atoms with Gasteiger partial charge in [-0.15, -0.1) is 0 Å². The zero-order valence-corrected chi connectivity index (χ0v) is 12.3. The molecule has 0 saturated carbocycles. The van der Waals surface area contributed by atoms with E-state index in [1.807, 2.05) is 0 Å². The van der Waals surface area contributed by atoms with E-state index in [0.29, 0.717) is 6.07 Å². The number of anilines is 2. The summed E-state index contributed by atoms with van der Waals surface area (Å²) in [7, 11) is 1.40. The van der Waals surface area contributed by atoms with Gasteiger partial charge in [0, 0.05) is 6.07 Å². The van der Waals surface area contributed by atoms with Crippen LogP contribution in [0.1, 0.15) is 0 Å². The fourth-order valence-electron chi connectivity index (χ4n) is 1.98. The Balaban J connectivity index is 2.13. The Morgan fingerprint density at radius 3 is 2.67 bits per heavy atom. The van der Waals surface area contributed by atoms with Gasteiger partial charge < -0.3 is 5.32 Å². The van der Waals surface area contributed by atoms with E-state index < -0.39 is 34.0 Å². The lowest BCUT2D eigenvalue weighted by atomic mass is 10.2. The lowest BCUT2D eigenvalue weighted by Gasteiger charge is -2.11. The standard InChI is InChI=1S/C14H11F3N4O3/c1-20(14-10(21(23)24)3-2-6-18-14)7-11(22)19-9-5-4-8(15)12(16)13(9)17/h2-6H,7H2,1H3,(H,19,22)/p+1. The van der Waals surface area contributed by atoms with Gasteiger partial charge in [-0.25, -0.2) is 23.1 Å². The SMILES string of the molecule is CN(CC(=O)Nc1ccc(F)c(F)c1F)c1[nH+]cccc1[N+](=O)[O-]. The number of nitrogens with zero attached hydrogens (tertiary/aromatic N) is 2. The van der Waals surface area contributed by atoms with E-state index in [0.717, 1.165) is 6.07 Å². The van der Waals surface area contributed by atoms with E-state index in [1.54, 1.807) is 0 Å². The van der Waals surface area contributed by atoms with Gasteiger partial charge in [0.15, 0.2) is 24.0 Å². The molecular formula is C14H12F3N4O3+. The number of nitrogens with one attached hydrogen (secondary N) is 2. The Morgan fingerprint density at radius 2 is 2.00 bits per heavy atom. The third-order valence-electron chi connectivity index (χ3n) is 3.08. The minimum Gasteiger partial charge on any atom is -0.320 e. The maximum absolute atomic E-state index is 13.5. The highest BCUT2D eigenvalue weighted by Crippen LogP contribution is 2.22. The van der Waals surface area contributed by atoms with Crippen molar-refractivity contribution < 1.29 is 27.9 Å². The molecule has 0 radical (unpaired) electrons.